The molecule has 0 aromatic heterocycles. The molecule has 4 heteroatoms. The fraction of sp³-hybridized carbons (Fsp3) is 0.917. The minimum absolute atomic E-state index is 0. The SMILES string of the molecule is CCCC1(C(=O)N2CCN[C@@H](C)C2)CC1.Cl. The van der Waals surface area contributed by atoms with Crippen LogP contribution in [0.25, 0.3) is 0 Å². The Bertz CT molecular complexity index is 253. The summed E-state index contributed by atoms with van der Waals surface area (Å²) in [4.78, 5) is 14.4. The van der Waals surface area contributed by atoms with Gasteiger partial charge in [-0.25, -0.2) is 0 Å². The molecular formula is C12H23ClN2O. The Labute approximate surface area is 104 Å². The standard InChI is InChI=1S/C12H22N2O.ClH/c1-3-4-12(5-6-12)11(15)14-8-7-13-10(2)9-14;/h10,13H,3-9H2,1-2H3;1H/t10-;/m0./s1. The van der Waals surface area contributed by atoms with Crippen LogP contribution in [0.4, 0.5) is 0 Å². The van der Waals surface area contributed by atoms with E-state index < -0.39 is 0 Å². The molecule has 2 fully saturated rings. The lowest BCUT2D eigenvalue weighted by Crippen LogP contribution is -2.53. The highest BCUT2D eigenvalue weighted by Crippen LogP contribution is 2.51. The van der Waals surface area contributed by atoms with Gasteiger partial charge in [-0.15, -0.1) is 12.4 Å². The molecule has 1 heterocycles. The summed E-state index contributed by atoms with van der Waals surface area (Å²) in [5.74, 6) is 0.428. The first-order valence-electron chi connectivity index (χ1n) is 6.21. The van der Waals surface area contributed by atoms with Gasteiger partial charge in [-0.2, -0.15) is 0 Å². The third kappa shape index (κ3) is 2.69. The van der Waals surface area contributed by atoms with Gasteiger partial charge in [0.05, 0.1) is 0 Å². The van der Waals surface area contributed by atoms with E-state index >= 15 is 0 Å². The molecule has 2 rings (SSSR count). The van der Waals surface area contributed by atoms with Crippen LogP contribution in [0.1, 0.15) is 39.5 Å². The van der Waals surface area contributed by atoms with Gasteiger partial charge in [-0.1, -0.05) is 13.3 Å². The van der Waals surface area contributed by atoms with Crippen molar-refractivity contribution in [3.63, 3.8) is 0 Å². The molecule has 1 saturated carbocycles. The number of carbonyl (C=O) groups excluding carboxylic acids is 1. The van der Waals surface area contributed by atoms with Gasteiger partial charge in [0.15, 0.2) is 0 Å². The first-order chi connectivity index (χ1) is 7.18. The maximum Gasteiger partial charge on any atom is 0.228 e. The van der Waals surface area contributed by atoms with E-state index in [2.05, 4.69) is 24.1 Å². The normalized spacial score (nSPS) is 27.1. The van der Waals surface area contributed by atoms with E-state index in [1.807, 2.05) is 0 Å². The Kier molecular flexibility index (Phi) is 4.62. The van der Waals surface area contributed by atoms with Crippen LogP contribution < -0.4 is 5.32 Å². The first kappa shape index (κ1) is 13.8. The van der Waals surface area contributed by atoms with Gasteiger partial charge in [0.25, 0.3) is 0 Å². The third-order valence-corrected chi connectivity index (χ3v) is 3.69. The zero-order valence-corrected chi connectivity index (χ0v) is 11.1. The lowest BCUT2D eigenvalue weighted by atomic mass is 9.98. The van der Waals surface area contributed by atoms with Gasteiger partial charge in [0, 0.05) is 31.1 Å². The molecule has 0 bridgehead atoms. The van der Waals surface area contributed by atoms with Crippen LogP contribution >= 0.6 is 12.4 Å². The van der Waals surface area contributed by atoms with Crippen LogP contribution in [-0.4, -0.2) is 36.5 Å². The molecule has 0 aromatic rings. The quantitative estimate of drug-likeness (QED) is 0.824. The molecule has 1 amide bonds. The van der Waals surface area contributed by atoms with E-state index in [0.29, 0.717) is 11.9 Å². The number of nitrogens with zero attached hydrogens (tertiary/aromatic N) is 1. The van der Waals surface area contributed by atoms with Crippen molar-refractivity contribution in [3.05, 3.63) is 0 Å². The van der Waals surface area contributed by atoms with Gasteiger partial charge in [0.1, 0.15) is 0 Å². The highest BCUT2D eigenvalue weighted by Gasteiger charge is 2.50. The summed E-state index contributed by atoms with van der Waals surface area (Å²) in [6.45, 7) is 7.07. The summed E-state index contributed by atoms with van der Waals surface area (Å²) < 4.78 is 0. The van der Waals surface area contributed by atoms with Gasteiger partial charge in [0.2, 0.25) is 5.91 Å². The van der Waals surface area contributed by atoms with Crippen LogP contribution in [0.5, 0.6) is 0 Å². The number of piperazine rings is 1. The molecule has 0 spiro atoms. The minimum Gasteiger partial charge on any atom is -0.339 e. The lowest BCUT2D eigenvalue weighted by molar-refractivity contribution is -0.138. The molecule has 1 N–H and O–H groups in total. The third-order valence-electron chi connectivity index (χ3n) is 3.69. The van der Waals surface area contributed by atoms with Crippen molar-refractivity contribution in [2.24, 2.45) is 5.41 Å². The molecule has 1 aliphatic carbocycles. The highest BCUT2D eigenvalue weighted by molar-refractivity contribution is 5.85. The van der Waals surface area contributed by atoms with E-state index in [9.17, 15) is 4.79 Å². The van der Waals surface area contributed by atoms with Crippen molar-refractivity contribution in [1.29, 1.82) is 0 Å². The van der Waals surface area contributed by atoms with E-state index in [0.717, 1.165) is 45.3 Å². The van der Waals surface area contributed by atoms with Crippen molar-refractivity contribution in [3.8, 4) is 0 Å². The summed E-state index contributed by atoms with van der Waals surface area (Å²) in [7, 11) is 0. The summed E-state index contributed by atoms with van der Waals surface area (Å²) >= 11 is 0. The zero-order chi connectivity index (χ0) is 10.9. The van der Waals surface area contributed by atoms with Crippen molar-refractivity contribution < 1.29 is 4.79 Å². The number of halogens is 1. The van der Waals surface area contributed by atoms with E-state index in [1.165, 1.54) is 0 Å². The van der Waals surface area contributed by atoms with Crippen molar-refractivity contribution in [2.75, 3.05) is 19.6 Å². The Hall–Kier alpha value is -0.280. The Morgan fingerprint density at radius 1 is 1.50 bits per heavy atom. The summed E-state index contributed by atoms with van der Waals surface area (Å²) in [5.41, 5.74) is 0.0613. The van der Waals surface area contributed by atoms with Crippen molar-refractivity contribution in [2.45, 2.75) is 45.6 Å². The number of hydrogen-bond donors (Lipinski definition) is 1. The average Bonchev–Trinajstić information content (AvgIpc) is 2.98. The number of hydrogen-bond acceptors (Lipinski definition) is 2. The average molecular weight is 247 g/mol. The van der Waals surface area contributed by atoms with Crippen LogP contribution in [0.3, 0.4) is 0 Å². The molecule has 1 saturated heterocycles. The fourth-order valence-corrected chi connectivity index (χ4v) is 2.65. The first-order valence-corrected chi connectivity index (χ1v) is 6.21. The predicted octanol–water partition coefficient (Wildman–Crippen LogP) is 1.81. The zero-order valence-electron chi connectivity index (χ0n) is 10.3. The molecule has 3 nitrogen and oxygen atoms in total. The van der Waals surface area contributed by atoms with Gasteiger partial charge in [-0.05, 0) is 26.2 Å². The van der Waals surface area contributed by atoms with Crippen molar-refractivity contribution >= 4 is 18.3 Å². The monoisotopic (exact) mass is 246 g/mol. The van der Waals surface area contributed by atoms with E-state index in [4.69, 9.17) is 0 Å². The number of rotatable bonds is 3. The Balaban J connectivity index is 0.00000128. The Morgan fingerprint density at radius 3 is 2.69 bits per heavy atom. The second-order valence-electron chi connectivity index (χ2n) is 5.14. The lowest BCUT2D eigenvalue weighted by Gasteiger charge is -2.34. The van der Waals surface area contributed by atoms with Crippen LogP contribution in [0.2, 0.25) is 0 Å². The molecule has 0 radical (unpaired) electrons. The fourth-order valence-electron chi connectivity index (χ4n) is 2.65. The number of carbonyl (C=O) groups is 1. The van der Waals surface area contributed by atoms with Gasteiger partial charge >= 0.3 is 0 Å². The smallest absolute Gasteiger partial charge is 0.228 e. The van der Waals surface area contributed by atoms with E-state index in [1.54, 1.807) is 0 Å². The molecule has 16 heavy (non-hydrogen) atoms. The molecule has 0 aromatic carbocycles. The summed E-state index contributed by atoms with van der Waals surface area (Å²) in [5, 5.41) is 3.38. The number of nitrogens with one attached hydrogen (secondary N) is 1. The predicted molar refractivity (Wildman–Crippen MR) is 67.9 cm³/mol. The van der Waals surface area contributed by atoms with E-state index in [-0.39, 0.29) is 17.8 Å². The van der Waals surface area contributed by atoms with Crippen LogP contribution in [0, 0.1) is 5.41 Å². The number of amides is 1. The molecule has 0 unspecified atom stereocenters. The van der Waals surface area contributed by atoms with Crippen molar-refractivity contribution in [1.82, 2.24) is 10.2 Å². The largest absolute Gasteiger partial charge is 0.339 e. The van der Waals surface area contributed by atoms with Gasteiger partial charge < -0.3 is 10.2 Å². The molecule has 94 valence electrons. The molecule has 1 aliphatic heterocycles. The molecule has 1 atom stereocenters. The van der Waals surface area contributed by atoms with Crippen LogP contribution in [0.15, 0.2) is 0 Å². The van der Waals surface area contributed by atoms with Gasteiger partial charge in [-0.3, -0.25) is 4.79 Å². The Morgan fingerprint density at radius 2 is 2.19 bits per heavy atom. The second-order valence-corrected chi connectivity index (χ2v) is 5.14. The molecule has 2 aliphatic rings. The maximum absolute atomic E-state index is 12.3. The second kappa shape index (κ2) is 5.37. The topological polar surface area (TPSA) is 32.3 Å². The highest BCUT2D eigenvalue weighted by atomic mass is 35.5. The minimum atomic E-state index is 0. The molecular weight excluding hydrogens is 224 g/mol. The summed E-state index contributed by atoms with van der Waals surface area (Å²) in [6.07, 6.45) is 4.47. The summed E-state index contributed by atoms with van der Waals surface area (Å²) in [6, 6.07) is 0.458. The maximum atomic E-state index is 12.3. The van der Waals surface area contributed by atoms with Crippen LogP contribution in [-0.2, 0) is 4.79 Å².